The van der Waals surface area contributed by atoms with Gasteiger partial charge in [-0.05, 0) is 38.0 Å². The Labute approximate surface area is 229 Å². The number of hydrogen-bond acceptors (Lipinski definition) is 10. The molecule has 3 heterocycles. The average molecular weight is 567 g/mol. The first-order valence-electron chi connectivity index (χ1n) is 13.0. The van der Waals surface area contributed by atoms with Crippen molar-refractivity contribution in [2.24, 2.45) is 11.7 Å². The minimum atomic E-state index is -4.48. The number of aryl methyl sites for hydroxylation is 1. The van der Waals surface area contributed by atoms with Gasteiger partial charge in [-0.25, -0.2) is 9.78 Å². The first-order chi connectivity index (χ1) is 18.9. The zero-order valence-corrected chi connectivity index (χ0v) is 22.3. The van der Waals surface area contributed by atoms with E-state index >= 15 is 0 Å². The molecule has 11 nitrogen and oxygen atoms in total. The number of morpholine rings is 1. The molecular formula is C26H33F3N6O5. The molecule has 0 spiro atoms. The van der Waals surface area contributed by atoms with Gasteiger partial charge in [-0.15, -0.1) is 0 Å². The number of rotatable bonds is 8. The van der Waals surface area contributed by atoms with Crippen molar-refractivity contribution in [3.63, 3.8) is 0 Å². The number of anilines is 3. The van der Waals surface area contributed by atoms with Crippen LogP contribution in [0.15, 0.2) is 24.3 Å². The summed E-state index contributed by atoms with van der Waals surface area (Å²) in [5.74, 6) is -2.88. The zero-order chi connectivity index (χ0) is 29.0. The minimum absolute atomic E-state index is 0.0984. The van der Waals surface area contributed by atoms with E-state index in [9.17, 15) is 27.9 Å². The number of nitrogens with one attached hydrogen (secondary N) is 1. The van der Waals surface area contributed by atoms with Gasteiger partial charge in [-0.3, -0.25) is 4.79 Å². The van der Waals surface area contributed by atoms with Gasteiger partial charge in [0.2, 0.25) is 5.95 Å². The average Bonchev–Trinajstić information content (AvgIpc) is 3.29. The molecule has 2 unspecified atom stereocenters. The fourth-order valence-electron chi connectivity index (χ4n) is 4.85. The van der Waals surface area contributed by atoms with Crippen molar-refractivity contribution >= 4 is 29.3 Å². The van der Waals surface area contributed by atoms with Gasteiger partial charge in [0, 0.05) is 48.9 Å². The van der Waals surface area contributed by atoms with Gasteiger partial charge in [0.15, 0.2) is 6.23 Å². The van der Waals surface area contributed by atoms with Gasteiger partial charge in [-0.2, -0.15) is 18.2 Å². The summed E-state index contributed by atoms with van der Waals surface area (Å²) in [5, 5.41) is 12.7. The first kappa shape index (κ1) is 29.3. The molecule has 40 heavy (non-hydrogen) atoms. The van der Waals surface area contributed by atoms with Gasteiger partial charge >= 0.3 is 18.1 Å². The van der Waals surface area contributed by atoms with Crippen molar-refractivity contribution in [2.75, 3.05) is 54.6 Å². The SMILES string of the molecule is Cc1ccc(N2CCC(CC(F)(F)F)C2OC(=O)C(N)=O)cc1-c1cc(N[C@H](C)CO)nc(N2CCOCC2)n1. The van der Waals surface area contributed by atoms with Gasteiger partial charge in [0.1, 0.15) is 5.82 Å². The van der Waals surface area contributed by atoms with Crippen LogP contribution in [0.4, 0.5) is 30.6 Å². The number of hydrogen-bond donors (Lipinski definition) is 3. The standard InChI is InChI=1S/C26H33F3N6O5/c1-15-3-4-18(35-6-5-17(13-26(27,28)29)23(35)40-24(38)22(30)37)11-19(15)20-12-21(31-16(2)14-36)33-25(32-20)34-7-9-39-10-8-34/h3-4,11-12,16-17,23,36H,5-10,13-14H2,1-2H3,(H2,30,37)(H,31,32,33)/t16-,17?,23?/m1/s1. The van der Waals surface area contributed by atoms with Crippen LogP contribution in [0.2, 0.25) is 0 Å². The molecule has 3 atom stereocenters. The number of aromatic nitrogens is 2. The maximum atomic E-state index is 13.3. The zero-order valence-electron chi connectivity index (χ0n) is 22.3. The summed E-state index contributed by atoms with van der Waals surface area (Å²) in [7, 11) is 0. The van der Waals surface area contributed by atoms with Crippen LogP contribution < -0.4 is 20.9 Å². The van der Waals surface area contributed by atoms with E-state index < -0.39 is 36.6 Å². The van der Waals surface area contributed by atoms with Crippen LogP contribution in [-0.2, 0) is 19.1 Å². The maximum Gasteiger partial charge on any atom is 0.398 e. The molecule has 14 heteroatoms. The number of ether oxygens (including phenoxy) is 2. The molecule has 218 valence electrons. The molecule has 0 bridgehead atoms. The molecule has 1 amide bonds. The number of nitrogens with two attached hydrogens (primary N) is 1. The second kappa shape index (κ2) is 12.3. The molecule has 0 radical (unpaired) electrons. The number of amides is 1. The highest BCUT2D eigenvalue weighted by atomic mass is 19.4. The van der Waals surface area contributed by atoms with Crippen molar-refractivity contribution in [2.45, 2.75) is 45.1 Å². The Hall–Kier alpha value is -3.65. The van der Waals surface area contributed by atoms with Gasteiger partial charge in [0.05, 0.1) is 31.9 Å². The smallest absolute Gasteiger partial charge is 0.398 e. The fraction of sp³-hybridized carbons (Fsp3) is 0.538. The summed E-state index contributed by atoms with van der Waals surface area (Å²) in [6, 6.07) is 6.75. The molecule has 0 saturated carbocycles. The molecule has 2 aliphatic heterocycles. The second-order valence-corrected chi connectivity index (χ2v) is 9.99. The summed E-state index contributed by atoms with van der Waals surface area (Å²) in [5.41, 5.74) is 7.61. The van der Waals surface area contributed by atoms with E-state index in [-0.39, 0.29) is 25.6 Å². The van der Waals surface area contributed by atoms with E-state index in [4.69, 9.17) is 20.2 Å². The highest BCUT2D eigenvalue weighted by Gasteiger charge is 2.44. The topological polar surface area (TPSA) is 143 Å². The van der Waals surface area contributed by atoms with E-state index in [2.05, 4.69) is 10.3 Å². The molecular weight excluding hydrogens is 533 g/mol. The van der Waals surface area contributed by atoms with Crippen molar-refractivity contribution in [3.05, 3.63) is 29.8 Å². The van der Waals surface area contributed by atoms with E-state index in [0.29, 0.717) is 55.0 Å². The molecule has 1 aromatic heterocycles. The Morgan fingerprint density at radius 3 is 2.60 bits per heavy atom. The number of esters is 1. The number of primary amides is 1. The monoisotopic (exact) mass is 566 g/mol. The summed E-state index contributed by atoms with van der Waals surface area (Å²) < 4.78 is 50.5. The van der Waals surface area contributed by atoms with Crippen LogP contribution in [0.5, 0.6) is 0 Å². The summed E-state index contributed by atoms with van der Waals surface area (Å²) in [4.78, 5) is 36.3. The minimum Gasteiger partial charge on any atom is -0.434 e. The molecule has 2 saturated heterocycles. The third-order valence-electron chi connectivity index (χ3n) is 6.88. The number of benzene rings is 1. The number of aliphatic hydroxyl groups excluding tert-OH is 1. The Morgan fingerprint density at radius 2 is 1.95 bits per heavy atom. The fourth-order valence-corrected chi connectivity index (χ4v) is 4.85. The Morgan fingerprint density at radius 1 is 1.23 bits per heavy atom. The molecule has 4 N–H and O–H groups in total. The van der Waals surface area contributed by atoms with Gasteiger partial charge in [0.25, 0.3) is 0 Å². The highest BCUT2D eigenvalue weighted by molar-refractivity contribution is 6.31. The van der Waals surface area contributed by atoms with Crippen LogP contribution >= 0.6 is 0 Å². The Kier molecular flexibility index (Phi) is 8.98. The number of aliphatic hydroxyl groups is 1. The van der Waals surface area contributed by atoms with Crippen molar-refractivity contribution < 1.29 is 37.3 Å². The lowest BCUT2D eigenvalue weighted by Gasteiger charge is -2.30. The Balaban J connectivity index is 1.72. The number of carbonyl (C=O) groups excluding carboxylic acids is 2. The van der Waals surface area contributed by atoms with Crippen molar-refractivity contribution in [1.29, 1.82) is 0 Å². The molecule has 0 aliphatic carbocycles. The summed E-state index contributed by atoms with van der Waals surface area (Å²) >= 11 is 0. The van der Waals surface area contributed by atoms with E-state index in [0.717, 1.165) is 5.56 Å². The van der Waals surface area contributed by atoms with E-state index in [1.165, 1.54) is 4.90 Å². The second-order valence-electron chi connectivity index (χ2n) is 9.99. The van der Waals surface area contributed by atoms with Crippen molar-refractivity contribution in [3.8, 4) is 11.3 Å². The Bertz CT molecular complexity index is 1220. The largest absolute Gasteiger partial charge is 0.434 e. The van der Waals surface area contributed by atoms with Crippen LogP contribution in [-0.4, -0.2) is 84.9 Å². The lowest BCUT2D eigenvalue weighted by atomic mass is 10.0. The number of nitrogens with zero attached hydrogens (tertiary/aromatic N) is 4. The lowest BCUT2D eigenvalue weighted by molar-refractivity contribution is -0.167. The lowest BCUT2D eigenvalue weighted by Crippen LogP contribution is -2.41. The van der Waals surface area contributed by atoms with Crippen LogP contribution in [0, 0.1) is 12.8 Å². The van der Waals surface area contributed by atoms with Gasteiger partial charge in [-0.1, -0.05) is 6.07 Å². The van der Waals surface area contributed by atoms with Crippen LogP contribution in [0.1, 0.15) is 25.3 Å². The third kappa shape index (κ3) is 7.10. The highest BCUT2D eigenvalue weighted by Crippen LogP contribution is 2.39. The van der Waals surface area contributed by atoms with Gasteiger partial charge < -0.3 is 35.4 Å². The quantitative estimate of drug-likeness (QED) is 0.322. The normalized spacial score (nSPS) is 20.4. The first-order valence-corrected chi connectivity index (χ1v) is 13.0. The number of carbonyl (C=O) groups is 2. The van der Waals surface area contributed by atoms with E-state index in [1.54, 1.807) is 31.2 Å². The van der Waals surface area contributed by atoms with E-state index in [1.807, 2.05) is 11.8 Å². The molecule has 2 aliphatic rings. The third-order valence-corrected chi connectivity index (χ3v) is 6.88. The molecule has 2 fully saturated rings. The molecule has 1 aromatic carbocycles. The predicted molar refractivity (Wildman–Crippen MR) is 141 cm³/mol. The van der Waals surface area contributed by atoms with Crippen molar-refractivity contribution in [1.82, 2.24) is 9.97 Å². The van der Waals surface area contributed by atoms with Crippen LogP contribution in [0.3, 0.4) is 0 Å². The summed E-state index contributed by atoms with van der Waals surface area (Å²) in [6.45, 7) is 5.98. The van der Waals surface area contributed by atoms with Crippen LogP contribution in [0.25, 0.3) is 11.3 Å². The molecule has 2 aromatic rings. The number of alkyl halides is 3. The maximum absolute atomic E-state index is 13.3. The molecule has 4 rings (SSSR count). The number of halogens is 3. The summed E-state index contributed by atoms with van der Waals surface area (Å²) in [6.07, 6.45) is -6.88. The predicted octanol–water partition coefficient (Wildman–Crippen LogP) is 2.21.